The second kappa shape index (κ2) is 4.37. The number of carbonyl (C=O) groups excluding carboxylic acids is 1. The normalized spacial score (nSPS) is 15.9. The molecule has 0 radical (unpaired) electrons. The molecule has 0 fully saturated rings. The molecule has 10 heavy (non-hydrogen) atoms. The lowest BCUT2D eigenvalue weighted by Gasteiger charge is -2.00. The molecule has 0 heterocycles. The largest absolute Gasteiger partial charge is 0.360 e. The van der Waals surface area contributed by atoms with E-state index in [-0.39, 0.29) is 12.5 Å². The van der Waals surface area contributed by atoms with Crippen molar-refractivity contribution >= 4 is 17.3 Å². The van der Waals surface area contributed by atoms with Crippen LogP contribution in [0.15, 0.2) is 0 Å². The van der Waals surface area contributed by atoms with Crippen molar-refractivity contribution in [3.63, 3.8) is 0 Å². The molecule has 0 spiro atoms. The predicted molar refractivity (Wildman–Crippen MR) is 35.1 cm³/mol. The van der Waals surface area contributed by atoms with Crippen LogP contribution in [0.3, 0.4) is 0 Å². The molecule has 0 aliphatic rings. The van der Waals surface area contributed by atoms with Crippen molar-refractivity contribution in [3.8, 4) is 0 Å². The van der Waals surface area contributed by atoms with Gasteiger partial charge in [0.05, 0.1) is 6.42 Å². The first-order valence-electron chi connectivity index (χ1n) is 2.60. The summed E-state index contributed by atoms with van der Waals surface area (Å²) in [7, 11) is 0. The van der Waals surface area contributed by atoms with Gasteiger partial charge in [0, 0.05) is 6.04 Å². The highest BCUT2D eigenvalue weighted by atomic mass is 32.2. The maximum Gasteiger partial charge on any atom is 0.360 e. The van der Waals surface area contributed by atoms with E-state index in [0.717, 1.165) is 0 Å². The van der Waals surface area contributed by atoms with Gasteiger partial charge < -0.3 is 9.92 Å². The van der Waals surface area contributed by atoms with Crippen LogP contribution in [0, 0.1) is 0 Å². The average molecular weight is 167 g/mol. The van der Waals surface area contributed by atoms with Gasteiger partial charge in [0.2, 0.25) is 0 Å². The zero-order chi connectivity index (χ0) is 8.15. The number of nitrogens with two attached hydrogens (primary N) is 1. The van der Waals surface area contributed by atoms with Crippen LogP contribution in [-0.2, 0) is 20.3 Å². The minimum absolute atomic E-state index is 0.0493. The lowest BCUT2D eigenvalue weighted by molar-refractivity contribution is -0.134. The Morgan fingerprint density at radius 1 is 1.90 bits per heavy atom. The summed E-state index contributed by atoms with van der Waals surface area (Å²) < 4.78 is 21.7. The molecule has 0 aliphatic heterocycles. The van der Waals surface area contributed by atoms with Gasteiger partial charge in [-0.25, -0.2) is 0 Å². The van der Waals surface area contributed by atoms with Crippen LogP contribution in [0.2, 0.25) is 0 Å². The molecule has 0 bridgehead atoms. The Balaban J connectivity index is 3.54. The average Bonchev–Trinajstić information content (AvgIpc) is 1.58. The van der Waals surface area contributed by atoms with Crippen LogP contribution in [0.5, 0.6) is 0 Å². The molecular formula is C4H9NO4S. The number of carbonyl (C=O) groups is 1. The summed E-state index contributed by atoms with van der Waals surface area (Å²) >= 11 is -2.52. The maximum absolute atomic E-state index is 10.4. The Labute approximate surface area is 61.0 Å². The van der Waals surface area contributed by atoms with Crippen LogP contribution >= 0.6 is 0 Å². The Bertz CT molecular complexity index is 146. The first-order chi connectivity index (χ1) is 4.52. The molecule has 0 saturated heterocycles. The predicted octanol–water partition coefficient (Wildman–Crippen LogP) is -0.596. The standard InChI is InChI=1S/C4H9NO4S/c1-3(5)2-4(6)9-10(7)8/h3H,2,5H2,1H3,(H,7,8). The van der Waals surface area contributed by atoms with Gasteiger partial charge in [-0.15, -0.1) is 0 Å². The molecule has 2 atom stereocenters. The van der Waals surface area contributed by atoms with E-state index in [9.17, 15) is 9.00 Å². The van der Waals surface area contributed by atoms with E-state index >= 15 is 0 Å². The third-order valence-corrected chi connectivity index (χ3v) is 0.981. The Morgan fingerprint density at radius 3 is 2.70 bits per heavy atom. The van der Waals surface area contributed by atoms with Crippen LogP contribution < -0.4 is 5.73 Å². The van der Waals surface area contributed by atoms with E-state index < -0.39 is 17.3 Å². The fourth-order valence-corrected chi connectivity index (χ4v) is 0.603. The minimum Gasteiger partial charge on any atom is -0.343 e. The van der Waals surface area contributed by atoms with E-state index in [4.69, 9.17) is 10.3 Å². The lowest BCUT2D eigenvalue weighted by Crippen LogP contribution is -2.21. The van der Waals surface area contributed by atoms with E-state index in [1.165, 1.54) is 0 Å². The monoisotopic (exact) mass is 167 g/mol. The van der Waals surface area contributed by atoms with Crippen molar-refractivity contribution in [2.45, 2.75) is 19.4 Å². The third-order valence-electron chi connectivity index (χ3n) is 0.653. The van der Waals surface area contributed by atoms with Crippen LogP contribution in [-0.4, -0.2) is 20.8 Å². The summed E-state index contributed by atoms with van der Waals surface area (Å²) in [6.45, 7) is 1.60. The van der Waals surface area contributed by atoms with Crippen molar-refractivity contribution < 1.29 is 17.7 Å². The molecule has 0 aromatic heterocycles. The molecule has 60 valence electrons. The molecule has 6 heteroatoms. The SMILES string of the molecule is CC(N)CC(=O)OS(=O)O. The number of hydrogen-bond acceptors (Lipinski definition) is 4. The lowest BCUT2D eigenvalue weighted by atomic mass is 10.3. The minimum atomic E-state index is -2.52. The van der Waals surface area contributed by atoms with Gasteiger partial charge in [-0.3, -0.25) is 9.35 Å². The topological polar surface area (TPSA) is 89.6 Å². The molecule has 0 rings (SSSR count). The van der Waals surface area contributed by atoms with E-state index in [2.05, 4.69) is 4.18 Å². The van der Waals surface area contributed by atoms with E-state index in [0.29, 0.717) is 0 Å². The fourth-order valence-electron chi connectivity index (χ4n) is 0.376. The number of hydrogen-bond donors (Lipinski definition) is 2. The molecule has 0 amide bonds. The second-order valence-corrected chi connectivity index (χ2v) is 2.45. The second-order valence-electron chi connectivity index (χ2n) is 1.85. The summed E-state index contributed by atoms with van der Waals surface area (Å²) in [5.74, 6) is -0.768. The molecule has 5 nitrogen and oxygen atoms in total. The molecule has 0 aliphatic carbocycles. The van der Waals surface area contributed by atoms with E-state index in [1.807, 2.05) is 0 Å². The molecule has 0 saturated carbocycles. The Morgan fingerprint density at radius 2 is 2.40 bits per heavy atom. The van der Waals surface area contributed by atoms with Crippen LogP contribution in [0.1, 0.15) is 13.3 Å². The maximum atomic E-state index is 10.4. The molecular weight excluding hydrogens is 158 g/mol. The van der Waals surface area contributed by atoms with Crippen molar-refractivity contribution in [3.05, 3.63) is 0 Å². The first kappa shape index (κ1) is 9.54. The van der Waals surface area contributed by atoms with Gasteiger partial charge in [0.25, 0.3) is 0 Å². The van der Waals surface area contributed by atoms with Gasteiger partial charge >= 0.3 is 17.3 Å². The van der Waals surface area contributed by atoms with Gasteiger partial charge in [-0.2, -0.15) is 4.21 Å². The zero-order valence-corrected chi connectivity index (χ0v) is 6.26. The van der Waals surface area contributed by atoms with Crippen molar-refractivity contribution in [2.75, 3.05) is 0 Å². The third kappa shape index (κ3) is 5.67. The Kier molecular flexibility index (Phi) is 4.17. The summed E-state index contributed by atoms with van der Waals surface area (Å²) in [5, 5.41) is 0. The Hall–Kier alpha value is -0.460. The van der Waals surface area contributed by atoms with Gasteiger partial charge in [-0.05, 0) is 6.92 Å². The highest BCUT2D eigenvalue weighted by Gasteiger charge is 2.08. The highest BCUT2D eigenvalue weighted by Crippen LogP contribution is 1.91. The van der Waals surface area contributed by atoms with Crippen LogP contribution in [0.4, 0.5) is 0 Å². The van der Waals surface area contributed by atoms with Gasteiger partial charge in [-0.1, -0.05) is 0 Å². The smallest absolute Gasteiger partial charge is 0.343 e. The van der Waals surface area contributed by atoms with E-state index in [1.54, 1.807) is 6.92 Å². The quantitative estimate of drug-likeness (QED) is 0.548. The summed E-state index contributed by atoms with van der Waals surface area (Å²) in [4.78, 5) is 10.4. The number of rotatable bonds is 3. The fraction of sp³-hybridized carbons (Fsp3) is 0.750. The summed E-state index contributed by atoms with van der Waals surface area (Å²) in [6, 6.07) is -0.351. The molecule has 0 aromatic carbocycles. The van der Waals surface area contributed by atoms with Crippen molar-refractivity contribution in [1.82, 2.24) is 0 Å². The first-order valence-corrected chi connectivity index (χ1v) is 3.63. The molecule has 0 aromatic rings. The van der Waals surface area contributed by atoms with Gasteiger partial charge in [0.15, 0.2) is 0 Å². The highest BCUT2D eigenvalue weighted by molar-refractivity contribution is 7.74. The molecule has 3 N–H and O–H groups in total. The molecule has 2 unspecified atom stereocenters. The summed E-state index contributed by atoms with van der Waals surface area (Å²) in [5.41, 5.74) is 5.19. The summed E-state index contributed by atoms with van der Waals surface area (Å²) in [6.07, 6.45) is -0.0493. The van der Waals surface area contributed by atoms with Crippen molar-refractivity contribution in [1.29, 1.82) is 0 Å². The van der Waals surface area contributed by atoms with Crippen LogP contribution in [0.25, 0.3) is 0 Å². The van der Waals surface area contributed by atoms with Crippen molar-refractivity contribution in [2.24, 2.45) is 5.73 Å². The zero-order valence-electron chi connectivity index (χ0n) is 5.44. The van der Waals surface area contributed by atoms with Gasteiger partial charge in [0.1, 0.15) is 0 Å².